The van der Waals surface area contributed by atoms with Crippen molar-refractivity contribution in [3.63, 3.8) is 0 Å². The van der Waals surface area contributed by atoms with Gasteiger partial charge in [-0.3, -0.25) is 0 Å². The second-order valence-corrected chi connectivity index (χ2v) is 9.07. The summed E-state index contributed by atoms with van der Waals surface area (Å²) in [4.78, 5) is 1.95. The van der Waals surface area contributed by atoms with Crippen molar-refractivity contribution < 1.29 is 12.8 Å². The number of anilines is 1. The van der Waals surface area contributed by atoms with Crippen LogP contribution in [0, 0.1) is 5.82 Å². The van der Waals surface area contributed by atoms with Gasteiger partial charge in [-0.25, -0.2) is 12.8 Å². The summed E-state index contributed by atoms with van der Waals surface area (Å²) in [7, 11) is -3.66. The molecule has 0 bridgehead atoms. The quantitative estimate of drug-likeness (QED) is 0.724. The van der Waals surface area contributed by atoms with Gasteiger partial charge < -0.3 is 10.2 Å². The normalized spacial score (nSPS) is 15.6. The molecule has 0 amide bonds. The van der Waals surface area contributed by atoms with E-state index in [9.17, 15) is 12.8 Å². The van der Waals surface area contributed by atoms with Crippen LogP contribution in [0.5, 0.6) is 0 Å². The first-order chi connectivity index (χ1) is 12.8. The third-order valence-corrected chi connectivity index (χ3v) is 6.97. The molecule has 0 atom stereocenters. The first-order valence-corrected chi connectivity index (χ1v) is 10.6. The van der Waals surface area contributed by atoms with Crippen LogP contribution in [-0.2, 0) is 10.0 Å². The highest BCUT2D eigenvalue weighted by molar-refractivity contribution is 7.89. The minimum atomic E-state index is -3.66. The lowest BCUT2D eigenvalue weighted by molar-refractivity contribution is 0.268. The van der Waals surface area contributed by atoms with Crippen molar-refractivity contribution in [3.8, 4) is 0 Å². The fourth-order valence-electron chi connectivity index (χ4n) is 2.67. The third-order valence-electron chi connectivity index (χ3n) is 4.15. The van der Waals surface area contributed by atoms with Crippen LogP contribution in [0.1, 0.15) is 0 Å². The highest BCUT2D eigenvalue weighted by Crippen LogP contribution is 2.26. The second-order valence-electron chi connectivity index (χ2n) is 5.90. The second kappa shape index (κ2) is 8.28. The van der Waals surface area contributed by atoms with Crippen molar-refractivity contribution in [2.24, 2.45) is 0 Å². The topological polar surface area (TPSA) is 52.7 Å². The maximum absolute atomic E-state index is 13.0. The Balaban J connectivity index is 1.62. The Morgan fingerprint density at radius 2 is 1.67 bits per heavy atom. The SMILES string of the molecule is O=S(=O)(c1ccc(F)cc1)N1CCN(C(=S)Nc2ccc(Cl)cc2Cl)CC1. The first kappa shape index (κ1) is 20.3. The molecule has 144 valence electrons. The number of nitrogens with one attached hydrogen (secondary N) is 1. The van der Waals surface area contributed by atoms with Gasteiger partial charge in [0.2, 0.25) is 10.0 Å². The van der Waals surface area contributed by atoms with Crippen molar-refractivity contribution in [1.29, 1.82) is 0 Å². The lowest BCUT2D eigenvalue weighted by atomic mass is 10.3. The van der Waals surface area contributed by atoms with Gasteiger partial charge in [0.1, 0.15) is 5.82 Å². The fourth-order valence-corrected chi connectivity index (χ4v) is 4.84. The zero-order valence-corrected chi connectivity index (χ0v) is 17.2. The van der Waals surface area contributed by atoms with Gasteiger partial charge in [0.25, 0.3) is 0 Å². The van der Waals surface area contributed by atoms with Crippen LogP contribution >= 0.6 is 35.4 Å². The number of halogens is 3. The van der Waals surface area contributed by atoms with Crippen LogP contribution in [0.3, 0.4) is 0 Å². The van der Waals surface area contributed by atoms with Crippen molar-refractivity contribution in [2.75, 3.05) is 31.5 Å². The molecule has 1 heterocycles. The molecule has 3 rings (SSSR count). The molecule has 0 spiro atoms. The van der Waals surface area contributed by atoms with Gasteiger partial charge in [0.05, 0.1) is 15.6 Å². The molecule has 10 heteroatoms. The summed E-state index contributed by atoms with van der Waals surface area (Å²) in [5.41, 5.74) is 0.632. The lowest BCUT2D eigenvalue weighted by Gasteiger charge is -2.35. The molecule has 27 heavy (non-hydrogen) atoms. The van der Waals surface area contributed by atoms with E-state index in [4.69, 9.17) is 35.4 Å². The van der Waals surface area contributed by atoms with Crippen LogP contribution < -0.4 is 5.32 Å². The molecule has 1 aliphatic rings. The van der Waals surface area contributed by atoms with Gasteiger partial charge in [0.15, 0.2) is 5.11 Å². The molecular formula is C17H16Cl2FN3O2S2. The van der Waals surface area contributed by atoms with E-state index in [0.29, 0.717) is 33.9 Å². The number of nitrogens with zero attached hydrogens (tertiary/aromatic N) is 2. The van der Waals surface area contributed by atoms with Crippen LogP contribution in [-0.4, -0.2) is 48.9 Å². The van der Waals surface area contributed by atoms with Gasteiger partial charge in [-0.2, -0.15) is 4.31 Å². The standard InChI is InChI=1S/C17H16Cl2FN3O2S2/c18-12-1-6-16(15(19)11-12)21-17(26)22-7-9-23(10-8-22)27(24,25)14-4-2-13(20)3-5-14/h1-6,11H,7-10H2,(H,21,26). The Bertz CT molecular complexity index is 947. The zero-order valence-electron chi connectivity index (χ0n) is 14.0. The van der Waals surface area contributed by atoms with Gasteiger partial charge >= 0.3 is 0 Å². The number of hydrogen-bond donors (Lipinski definition) is 1. The highest BCUT2D eigenvalue weighted by Gasteiger charge is 2.29. The fraction of sp³-hybridized carbons (Fsp3) is 0.235. The van der Waals surface area contributed by atoms with E-state index in [1.54, 1.807) is 18.2 Å². The van der Waals surface area contributed by atoms with Crippen LogP contribution in [0.4, 0.5) is 10.1 Å². The monoisotopic (exact) mass is 447 g/mol. The zero-order chi connectivity index (χ0) is 19.6. The van der Waals surface area contributed by atoms with Gasteiger partial charge in [-0.15, -0.1) is 0 Å². The number of benzene rings is 2. The summed E-state index contributed by atoms with van der Waals surface area (Å²) in [6, 6.07) is 9.85. The van der Waals surface area contributed by atoms with Crippen molar-refractivity contribution in [1.82, 2.24) is 9.21 Å². The summed E-state index contributed by atoms with van der Waals surface area (Å²) in [5.74, 6) is -0.476. The number of thiocarbonyl (C=S) groups is 1. The lowest BCUT2D eigenvalue weighted by Crippen LogP contribution is -2.51. The predicted molar refractivity (Wildman–Crippen MR) is 109 cm³/mol. The van der Waals surface area contributed by atoms with Gasteiger partial charge in [0, 0.05) is 31.2 Å². The summed E-state index contributed by atoms with van der Waals surface area (Å²) >= 11 is 17.4. The molecule has 1 aliphatic heterocycles. The molecule has 0 aromatic heterocycles. The van der Waals surface area contributed by atoms with Crippen LogP contribution in [0.25, 0.3) is 0 Å². The number of hydrogen-bond acceptors (Lipinski definition) is 3. The van der Waals surface area contributed by atoms with E-state index in [-0.39, 0.29) is 18.0 Å². The van der Waals surface area contributed by atoms with E-state index >= 15 is 0 Å². The van der Waals surface area contributed by atoms with E-state index in [1.165, 1.54) is 16.4 Å². The highest BCUT2D eigenvalue weighted by atomic mass is 35.5. The van der Waals surface area contributed by atoms with E-state index < -0.39 is 15.8 Å². The number of piperazine rings is 1. The average Bonchev–Trinajstić information content (AvgIpc) is 2.64. The van der Waals surface area contributed by atoms with E-state index in [2.05, 4.69) is 5.32 Å². The number of rotatable bonds is 3. The Morgan fingerprint density at radius 3 is 2.26 bits per heavy atom. The third kappa shape index (κ3) is 4.70. The molecule has 5 nitrogen and oxygen atoms in total. The van der Waals surface area contributed by atoms with Crippen LogP contribution in [0.15, 0.2) is 47.4 Å². The summed E-state index contributed by atoms with van der Waals surface area (Å²) in [5, 5.41) is 4.48. The molecular weight excluding hydrogens is 432 g/mol. The predicted octanol–water partition coefficient (Wildman–Crippen LogP) is 3.84. The van der Waals surface area contributed by atoms with Crippen molar-refractivity contribution in [2.45, 2.75) is 4.90 Å². The van der Waals surface area contributed by atoms with Crippen molar-refractivity contribution >= 4 is 56.2 Å². The number of sulfonamides is 1. The van der Waals surface area contributed by atoms with E-state index in [1.807, 2.05) is 4.90 Å². The smallest absolute Gasteiger partial charge is 0.243 e. The minimum Gasteiger partial charge on any atom is -0.346 e. The molecule has 0 aliphatic carbocycles. The Kier molecular flexibility index (Phi) is 6.22. The molecule has 0 radical (unpaired) electrons. The van der Waals surface area contributed by atoms with Gasteiger partial charge in [-0.1, -0.05) is 23.2 Å². The molecule has 0 saturated carbocycles. The summed E-state index contributed by atoms with van der Waals surface area (Å²) in [6.07, 6.45) is 0. The van der Waals surface area contributed by atoms with Gasteiger partial charge in [-0.05, 0) is 54.7 Å². The minimum absolute atomic E-state index is 0.0750. The summed E-state index contributed by atoms with van der Waals surface area (Å²) in [6.45, 7) is 1.40. The van der Waals surface area contributed by atoms with E-state index in [0.717, 1.165) is 12.1 Å². The maximum Gasteiger partial charge on any atom is 0.243 e. The molecule has 1 N–H and O–H groups in total. The molecule has 1 fully saturated rings. The molecule has 0 unspecified atom stereocenters. The average molecular weight is 448 g/mol. The Hall–Kier alpha value is -1.45. The molecule has 2 aromatic carbocycles. The van der Waals surface area contributed by atoms with Crippen LogP contribution in [0.2, 0.25) is 10.0 Å². The first-order valence-electron chi connectivity index (χ1n) is 8.04. The largest absolute Gasteiger partial charge is 0.346 e. The molecule has 2 aromatic rings. The van der Waals surface area contributed by atoms with Crippen molar-refractivity contribution in [3.05, 3.63) is 58.3 Å². The summed E-state index contributed by atoms with van der Waals surface area (Å²) < 4.78 is 39.7. The Labute approximate surface area is 172 Å². The Morgan fingerprint density at radius 1 is 1.04 bits per heavy atom. The maximum atomic E-state index is 13.0. The molecule has 1 saturated heterocycles.